The molecule has 0 spiro atoms. The Morgan fingerprint density at radius 1 is 1.18 bits per heavy atom. The smallest absolute Gasteiger partial charge is 0.411 e. The number of rotatable bonds is 4. The largest absolute Gasteiger partial charge is 0.416 e. The number of nitrogens with zero attached hydrogens (tertiary/aromatic N) is 1. The van der Waals surface area contributed by atoms with E-state index in [0.29, 0.717) is 0 Å². The van der Waals surface area contributed by atoms with E-state index in [1.54, 1.807) is 27.7 Å². The van der Waals surface area contributed by atoms with Crippen LogP contribution in [0.25, 0.3) is 0 Å². The lowest BCUT2D eigenvalue weighted by molar-refractivity contribution is -0.137. The SMILES string of the molecule is CC(C)/C(=N/O)C(C)(C)C(=O)Nc1ccc(C(F)(F)F)cc1. The van der Waals surface area contributed by atoms with Crippen LogP contribution in [0.2, 0.25) is 0 Å². The standard InChI is InChI=1S/C15H19F3N2O2/c1-9(2)12(20-22)14(3,4)13(21)19-11-7-5-10(6-8-11)15(16,17)18/h5-9,22H,1-4H3,(H,19,21)/b20-12-. The van der Waals surface area contributed by atoms with Gasteiger partial charge in [0.1, 0.15) is 0 Å². The molecule has 0 radical (unpaired) electrons. The van der Waals surface area contributed by atoms with Crippen LogP contribution in [0.4, 0.5) is 18.9 Å². The summed E-state index contributed by atoms with van der Waals surface area (Å²) < 4.78 is 37.4. The number of oxime groups is 1. The first-order valence-corrected chi connectivity index (χ1v) is 6.71. The summed E-state index contributed by atoms with van der Waals surface area (Å²) in [6, 6.07) is 4.15. The predicted molar refractivity (Wildman–Crippen MR) is 77.9 cm³/mol. The number of amides is 1. The van der Waals surface area contributed by atoms with Crippen molar-refractivity contribution < 1.29 is 23.2 Å². The van der Waals surface area contributed by atoms with Crippen molar-refractivity contribution in [3.05, 3.63) is 29.8 Å². The molecule has 0 bridgehead atoms. The minimum absolute atomic E-state index is 0.154. The Morgan fingerprint density at radius 2 is 1.68 bits per heavy atom. The Bertz CT molecular complexity index is 561. The first kappa shape index (κ1) is 18.0. The molecule has 0 aliphatic heterocycles. The molecule has 0 aliphatic rings. The van der Waals surface area contributed by atoms with Crippen LogP contribution >= 0.6 is 0 Å². The van der Waals surface area contributed by atoms with Gasteiger partial charge in [-0.25, -0.2) is 0 Å². The number of carbonyl (C=O) groups excluding carboxylic acids is 1. The fraction of sp³-hybridized carbons (Fsp3) is 0.467. The zero-order valence-electron chi connectivity index (χ0n) is 12.8. The normalized spacial score (nSPS) is 13.4. The molecule has 0 heterocycles. The highest BCUT2D eigenvalue weighted by Crippen LogP contribution is 2.30. The third-order valence-corrected chi connectivity index (χ3v) is 3.33. The third-order valence-electron chi connectivity index (χ3n) is 3.33. The second-order valence-corrected chi connectivity index (χ2v) is 5.79. The van der Waals surface area contributed by atoms with Crippen LogP contribution in [-0.4, -0.2) is 16.8 Å². The van der Waals surface area contributed by atoms with Crippen molar-refractivity contribution in [2.24, 2.45) is 16.5 Å². The molecular formula is C15H19F3N2O2. The number of carbonyl (C=O) groups is 1. The van der Waals surface area contributed by atoms with Gasteiger partial charge in [-0.15, -0.1) is 0 Å². The maximum Gasteiger partial charge on any atom is 0.416 e. The van der Waals surface area contributed by atoms with Crippen LogP contribution in [0.5, 0.6) is 0 Å². The topological polar surface area (TPSA) is 61.7 Å². The van der Waals surface area contributed by atoms with Crippen LogP contribution in [0.1, 0.15) is 33.3 Å². The monoisotopic (exact) mass is 316 g/mol. The Kier molecular flexibility index (Phi) is 5.22. The van der Waals surface area contributed by atoms with E-state index in [0.717, 1.165) is 12.1 Å². The van der Waals surface area contributed by atoms with E-state index in [1.807, 2.05) is 0 Å². The van der Waals surface area contributed by atoms with Crippen LogP contribution in [0.3, 0.4) is 0 Å². The van der Waals surface area contributed by atoms with Gasteiger partial charge < -0.3 is 10.5 Å². The van der Waals surface area contributed by atoms with E-state index < -0.39 is 23.1 Å². The van der Waals surface area contributed by atoms with E-state index in [1.165, 1.54) is 12.1 Å². The molecule has 0 aromatic heterocycles. The van der Waals surface area contributed by atoms with Crippen LogP contribution < -0.4 is 5.32 Å². The lowest BCUT2D eigenvalue weighted by Gasteiger charge is -2.26. The molecular weight excluding hydrogens is 297 g/mol. The molecule has 0 aliphatic carbocycles. The molecule has 122 valence electrons. The Balaban J connectivity index is 2.93. The molecule has 0 saturated heterocycles. The summed E-state index contributed by atoms with van der Waals surface area (Å²) in [5.74, 6) is -0.618. The zero-order chi connectivity index (χ0) is 17.1. The van der Waals surface area contributed by atoms with E-state index in [-0.39, 0.29) is 17.3 Å². The summed E-state index contributed by atoms with van der Waals surface area (Å²) in [4.78, 5) is 12.3. The molecule has 0 fully saturated rings. The number of hydrogen-bond donors (Lipinski definition) is 2. The van der Waals surface area contributed by atoms with Crippen LogP contribution in [0.15, 0.2) is 29.4 Å². The van der Waals surface area contributed by atoms with E-state index in [9.17, 15) is 18.0 Å². The van der Waals surface area contributed by atoms with Crippen molar-refractivity contribution in [3.8, 4) is 0 Å². The van der Waals surface area contributed by atoms with Crippen LogP contribution in [0, 0.1) is 11.3 Å². The molecule has 1 aromatic carbocycles. The Hall–Kier alpha value is -2.05. The maximum atomic E-state index is 12.5. The molecule has 1 amide bonds. The number of benzene rings is 1. The third kappa shape index (κ3) is 3.99. The average molecular weight is 316 g/mol. The fourth-order valence-electron chi connectivity index (χ4n) is 2.11. The molecule has 1 rings (SSSR count). The van der Waals surface area contributed by atoms with Gasteiger partial charge in [0.05, 0.1) is 16.7 Å². The second-order valence-electron chi connectivity index (χ2n) is 5.79. The summed E-state index contributed by atoms with van der Waals surface area (Å²) >= 11 is 0. The van der Waals surface area contributed by atoms with Crippen LogP contribution in [-0.2, 0) is 11.0 Å². The van der Waals surface area contributed by atoms with E-state index in [4.69, 9.17) is 5.21 Å². The summed E-state index contributed by atoms with van der Waals surface area (Å²) in [6.45, 7) is 6.73. The van der Waals surface area contributed by atoms with Crippen molar-refractivity contribution in [2.75, 3.05) is 5.32 Å². The minimum Gasteiger partial charge on any atom is -0.411 e. The van der Waals surface area contributed by atoms with E-state index >= 15 is 0 Å². The van der Waals surface area contributed by atoms with Crippen molar-refractivity contribution >= 4 is 17.3 Å². The van der Waals surface area contributed by atoms with E-state index in [2.05, 4.69) is 10.5 Å². The van der Waals surface area contributed by atoms with Crippen molar-refractivity contribution in [2.45, 2.75) is 33.9 Å². The van der Waals surface area contributed by atoms with Gasteiger partial charge in [-0.05, 0) is 44.0 Å². The number of alkyl halides is 3. The van der Waals surface area contributed by atoms with Crippen molar-refractivity contribution in [1.82, 2.24) is 0 Å². The van der Waals surface area contributed by atoms with Crippen molar-refractivity contribution in [1.29, 1.82) is 0 Å². The molecule has 0 saturated carbocycles. The lowest BCUT2D eigenvalue weighted by atomic mass is 9.80. The molecule has 0 unspecified atom stereocenters. The number of nitrogens with one attached hydrogen (secondary N) is 1. The predicted octanol–water partition coefficient (Wildman–Crippen LogP) is 4.16. The number of halogens is 3. The first-order chi connectivity index (χ1) is 10.00. The molecule has 2 N–H and O–H groups in total. The summed E-state index contributed by atoms with van der Waals surface area (Å²) in [5.41, 5.74) is -1.35. The molecule has 4 nitrogen and oxygen atoms in total. The molecule has 0 atom stereocenters. The summed E-state index contributed by atoms with van der Waals surface area (Å²) in [6.07, 6.45) is -4.42. The highest BCUT2D eigenvalue weighted by molar-refractivity contribution is 6.13. The maximum absolute atomic E-state index is 12.5. The molecule has 22 heavy (non-hydrogen) atoms. The number of anilines is 1. The summed E-state index contributed by atoms with van der Waals surface area (Å²) in [7, 11) is 0. The van der Waals surface area contributed by atoms with Gasteiger partial charge in [-0.2, -0.15) is 13.2 Å². The van der Waals surface area contributed by atoms with Gasteiger partial charge in [-0.3, -0.25) is 4.79 Å². The Labute approximate surface area is 127 Å². The second kappa shape index (κ2) is 6.37. The quantitative estimate of drug-likeness (QED) is 0.498. The lowest BCUT2D eigenvalue weighted by Crippen LogP contribution is -2.40. The zero-order valence-corrected chi connectivity index (χ0v) is 12.8. The van der Waals surface area contributed by atoms with Gasteiger partial charge >= 0.3 is 6.18 Å². The van der Waals surface area contributed by atoms with Gasteiger partial charge in [0, 0.05) is 5.69 Å². The molecule has 1 aromatic rings. The Morgan fingerprint density at radius 3 is 2.05 bits per heavy atom. The van der Waals surface area contributed by atoms with Gasteiger partial charge in [-0.1, -0.05) is 19.0 Å². The van der Waals surface area contributed by atoms with Gasteiger partial charge in [0.15, 0.2) is 0 Å². The summed E-state index contributed by atoms with van der Waals surface area (Å²) in [5, 5.41) is 14.8. The van der Waals surface area contributed by atoms with Gasteiger partial charge in [0.2, 0.25) is 5.91 Å². The number of hydrogen-bond acceptors (Lipinski definition) is 3. The highest BCUT2D eigenvalue weighted by atomic mass is 19.4. The molecule has 7 heteroatoms. The van der Waals surface area contributed by atoms with Crippen molar-refractivity contribution in [3.63, 3.8) is 0 Å². The highest BCUT2D eigenvalue weighted by Gasteiger charge is 2.36. The average Bonchev–Trinajstić information content (AvgIpc) is 2.38. The fourth-order valence-corrected chi connectivity index (χ4v) is 2.11. The van der Waals surface area contributed by atoms with Gasteiger partial charge in [0.25, 0.3) is 0 Å². The first-order valence-electron chi connectivity index (χ1n) is 6.71. The minimum atomic E-state index is -4.42.